The second-order valence-electron chi connectivity index (χ2n) is 3.69. The van der Waals surface area contributed by atoms with Crippen molar-refractivity contribution in [3.8, 4) is 5.75 Å². The van der Waals surface area contributed by atoms with Gasteiger partial charge in [0.05, 0.1) is 19.3 Å². The van der Waals surface area contributed by atoms with Gasteiger partial charge in [-0.05, 0) is 44.0 Å². The summed E-state index contributed by atoms with van der Waals surface area (Å²) in [7, 11) is 1.63. The predicted molar refractivity (Wildman–Crippen MR) is 61.6 cm³/mol. The van der Waals surface area contributed by atoms with Crippen LogP contribution in [0, 0.1) is 13.8 Å². The lowest BCUT2D eigenvalue weighted by Crippen LogP contribution is -2.10. The van der Waals surface area contributed by atoms with E-state index in [-0.39, 0.29) is 5.78 Å². The van der Waals surface area contributed by atoms with Crippen molar-refractivity contribution in [3.63, 3.8) is 0 Å². The lowest BCUT2D eigenvalue weighted by Gasteiger charge is -2.12. The smallest absolute Gasteiger partial charge is 0.148 e. The molecule has 1 N–H and O–H groups in total. The molecule has 1 aromatic rings. The third kappa shape index (κ3) is 2.98. The number of Topliss-reactive ketones (excluding diaryl/α,β-unsaturated/α-hetero) is 1. The average Bonchev–Trinajstić information content (AvgIpc) is 2.19. The highest BCUT2D eigenvalue weighted by Crippen LogP contribution is 2.27. The number of carbonyl (C=O) groups excluding carboxylic acids is 1. The normalized spacial score (nSPS) is 9.87. The molecule has 82 valence electrons. The fourth-order valence-electron chi connectivity index (χ4n) is 1.32. The maximum atomic E-state index is 10.9. The Morgan fingerprint density at radius 2 is 1.93 bits per heavy atom. The van der Waals surface area contributed by atoms with Crippen LogP contribution in [0.2, 0.25) is 0 Å². The third-order valence-electron chi connectivity index (χ3n) is 2.34. The van der Waals surface area contributed by atoms with Gasteiger partial charge >= 0.3 is 0 Å². The Hall–Kier alpha value is -1.51. The number of aryl methyl sites for hydroxylation is 2. The molecule has 0 saturated carbocycles. The highest BCUT2D eigenvalue weighted by molar-refractivity contribution is 5.81. The summed E-state index contributed by atoms with van der Waals surface area (Å²) < 4.78 is 5.24. The molecule has 0 radical (unpaired) electrons. The van der Waals surface area contributed by atoms with Crippen molar-refractivity contribution in [2.24, 2.45) is 0 Å². The van der Waals surface area contributed by atoms with Crippen LogP contribution < -0.4 is 10.1 Å². The van der Waals surface area contributed by atoms with E-state index in [4.69, 9.17) is 4.74 Å². The van der Waals surface area contributed by atoms with Crippen LogP contribution in [0.15, 0.2) is 12.1 Å². The first-order valence-electron chi connectivity index (χ1n) is 4.93. The first-order valence-corrected chi connectivity index (χ1v) is 4.93. The summed E-state index contributed by atoms with van der Waals surface area (Å²) in [6.45, 7) is 5.96. The number of anilines is 1. The molecule has 0 bridgehead atoms. The van der Waals surface area contributed by atoms with E-state index in [1.165, 1.54) is 11.1 Å². The molecule has 0 heterocycles. The van der Waals surface area contributed by atoms with E-state index >= 15 is 0 Å². The van der Waals surface area contributed by atoms with Crippen LogP contribution in [0.5, 0.6) is 5.75 Å². The van der Waals surface area contributed by atoms with Crippen molar-refractivity contribution in [1.82, 2.24) is 0 Å². The highest BCUT2D eigenvalue weighted by atomic mass is 16.5. The lowest BCUT2D eigenvalue weighted by molar-refractivity contribution is -0.115. The van der Waals surface area contributed by atoms with Crippen molar-refractivity contribution in [3.05, 3.63) is 23.3 Å². The number of ketones is 1. The molecule has 0 amide bonds. The minimum Gasteiger partial charge on any atom is -0.495 e. The van der Waals surface area contributed by atoms with E-state index in [9.17, 15) is 4.79 Å². The number of nitrogens with one attached hydrogen (secondary N) is 1. The SMILES string of the molecule is COc1cc(C)c(C)cc1NCC(C)=O. The maximum Gasteiger partial charge on any atom is 0.148 e. The molecule has 3 nitrogen and oxygen atoms in total. The van der Waals surface area contributed by atoms with Crippen molar-refractivity contribution in [1.29, 1.82) is 0 Å². The molecule has 0 aliphatic carbocycles. The first-order chi connectivity index (χ1) is 7.04. The molecule has 0 spiro atoms. The fourth-order valence-corrected chi connectivity index (χ4v) is 1.32. The summed E-state index contributed by atoms with van der Waals surface area (Å²) in [6, 6.07) is 3.97. The van der Waals surface area contributed by atoms with Crippen LogP contribution in [0.4, 0.5) is 5.69 Å². The average molecular weight is 207 g/mol. The number of carbonyl (C=O) groups is 1. The Morgan fingerprint density at radius 1 is 1.33 bits per heavy atom. The minimum atomic E-state index is 0.107. The van der Waals surface area contributed by atoms with Gasteiger partial charge in [0.2, 0.25) is 0 Å². The molecule has 15 heavy (non-hydrogen) atoms. The molecule has 1 rings (SSSR count). The van der Waals surface area contributed by atoms with E-state index in [0.717, 1.165) is 11.4 Å². The summed E-state index contributed by atoms with van der Waals surface area (Å²) in [5, 5.41) is 3.06. The van der Waals surface area contributed by atoms with Gasteiger partial charge < -0.3 is 10.1 Å². The van der Waals surface area contributed by atoms with E-state index < -0.39 is 0 Å². The van der Waals surface area contributed by atoms with Crippen LogP contribution in [0.1, 0.15) is 18.1 Å². The molecule has 0 aliphatic rings. The van der Waals surface area contributed by atoms with Gasteiger partial charge in [0.1, 0.15) is 11.5 Å². The zero-order chi connectivity index (χ0) is 11.4. The zero-order valence-corrected chi connectivity index (χ0v) is 9.68. The van der Waals surface area contributed by atoms with Gasteiger partial charge in [-0.25, -0.2) is 0 Å². The monoisotopic (exact) mass is 207 g/mol. The Kier molecular flexibility index (Phi) is 3.72. The van der Waals surface area contributed by atoms with Gasteiger partial charge in [0.15, 0.2) is 0 Å². The van der Waals surface area contributed by atoms with Gasteiger partial charge in [-0.15, -0.1) is 0 Å². The van der Waals surface area contributed by atoms with E-state index in [2.05, 4.69) is 5.32 Å². The van der Waals surface area contributed by atoms with Crippen molar-refractivity contribution >= 4 is 11.5 Å². The second kappa shape index (κ2) is 4.82. The molecule has 0 atom stereocenters. The number of methoxy groups -OCH3 is 1. The molecular weight excluding hydrogens is 190 g/mol. The summed E-state index contributed by atoms with van der Waals surface area (Å²) in [5.41, 5.74) is 3.23. The second-order valence-corrected chi connectivity index (χ2v) is 3.69. The number of hydrogen-bond acceptors (Lipinski definition) is 3. The van der Waals surface area contributed by atoms with Crippen LogP contribution in [0.25, 0.3) is 0 Å². The molecule has 0 saturated heterocycles. The predicted octanol–water partition coefficient (Wildman–Crippen LogP) is 2.31. The van der Waals surface area contributed by atoms with Gasteiger partial charge in [0, 0.05) is 0 Å². The quantitative estimate of drug-likeness (QED) is 0.823. The van der Waals surface area contributed by atoms with Gasteiger partial charge in [0.25, 0.3) is 0 Å². The van der Waals surface area contributed by atoms with Gasteiger partial charge in [-0.1, -0.05) is 0 Å². The molecule has 3 heteroatoms. The Labute approximate surface area is 90.4 Å². The number of hydrogen-bond donors (Lipinski definition) is 1. The Bertz CT molecular complexity index is 372. The fraction of sp³-hybridized carbons (Fsp3) is 0.417. The zero-order valence-electron chi connectivity index (χ0n) is 9.68. The standard InChI is InChI=1S/C12H17NO2/c1-8-5-11(13-7-10(3)14)12(15-4)6-9(8)2/h5-6,13H,7H2,1-4H3. The van der Waals surface area contributed by atoms with Crippen LogP contribution >= 0.6 is 0 Å². The number of ether oxygens (including phenoxy) is 1. The molecular formula is C12H17NO2. The van der Waals surface area contributed by atoms with Crippen molar-refractivity contribution < 1.29 is 9.53 Å². The topological polar surface area (TPSA) is 38.3 Å². The molecule has 0 fully saturated rings. The Balaban J connectivity index is 2.94. The lowest BCUT2D eigenvalue weighted by atomic mass is 10.1. The highest BCUT2D eigenvalue weighted by Gasteiger charge is 2.05. The number of rotatable bonds is 4. The van der Waals surface area contributed by atoms with Crippen LogP contribution in [-0.4, -0.2) is 19.4 Å². The third-order valence-corrected chi connectivity index (χ3v) is 2.34. The van der Waals surface area contributed by atoms with Gasteiger partial charge in [-0.3, -0.25) is 4.79 Å². The molecule has 1 aromatic carbocycles. The van der Waals surface area contributed by atoms with Crippen LogP contribution in [0.3, 0.4) is 0 Å². The summed E-state index contributed by atoms with van der Waals surface area (Å²) in [4.78, 5) is 10.9. The molecule has 0 unspecified atom stereocenters. The molecule has 0 aromatic heterocycles. The van der Waals surface area contributed by atoms with Crippen LogP contribution in [-0.2, 0) is 4.79 Å². The van der Waals surface area contributed by atoms with Gasteiger partial charge in [-0.2, -0.15) is 0 Å². The summed E-state index contributed by atoms with van der Waals surface area (Å²) >= 11 is 0. The number of benzene rings is 1. The van der Waals surface area contributed by atoms with Crippen molar-refractivity contribution in [2.45, 2.75) is 20.8 Å². The van der Waals surface area contributed by atoms with E-state index in [1.54, 1.807) is 14.0 Å². The summed E-state index contributed by atoms with van der Waals surface area (Å²) in [5.74, 6) is 0.884. The largest absolute Gasteiger partial charge is 0.495 e. The summed E-state index contributed by atoms with van der Waals surface area (Å²) in [6.07, 6.45) is 0. The van der Waals surface area contributed by atoms with Crippen molar-refractivity contribution in [2.75, 3.05) is 19.0 Å². The minimum absolute atomic E-state index is 0.107. The Morgan fingerprint density at radius 3 is 2.47 bits per heavy atom. The first kappa shape index (κ1) is 11.6. The maximum absolute atomic E-state index is 10.9. The molecule has 0 aliphatic heterocycles. The van der Waals surface area contributed by atoms with E-state index in [1.807, 2.05) is 26.0 Å². The van der Waals surface area contributed by atoms with E-state index in [0.29, 0.717) is 6.54 Å².